The van der Waals surface area contributed by atoms with Gasteiger partial charge in [0.15, 0.2) is 0 Å². The van der Waals surface area contributed by atoms with E-state index in [2.05, 4.69) is 27.3 Å². The Morgan fingerprint density at radius 1 is 1.71 bits per heavy atom. The summed E-state index contributed by atoms with van der Waals surface area (Å²) in [5, 5.41) is 3.04. The molecule has 1 rings (SSSR count). The van der Waals surface area contributed by atoms with Crippen LogP contribution in [0.2, 0.25) is 0 Å². The van der Waals surface area contributed by atoms with Crippen LogP contribution in [0.15, 0.2) is 22.8 Å². The van der Waals surface area contributed by atoms with Gasteiger partial charge in [-0.3, -0.25) is 0 Å². The first kappa shape index (κ1) is 4.91. The van der Waals surface area contributed by atoms with Crippen molar-refractivity contribution in [2.24, 2.45) is 0 Å². The van der Waals surface area contributed by atoms with Crippen LogP contribution in [0, 0.1) is 0 Å². The normalized spacial score (nSPS) is 18.1. The summed E-state index contributed by atoms with van der Waals surface area (Å²) < 4.78 is 1.11. The molecule has 0 unspecified atom stereocenters. The maximum absolute atomic E-state index is 3.30. The minimum absolute atomic E-state index is 0.953. The van der Waals surface area contributed by atoms with Crippen LogP contribution in [0.5, 0.6) is 0 Å². The van der Waals surface area contributed by atoms with Crippen molar-refractivity contribution in [3.63, 3.8) is 0 Å². The topological polar surface area (TPSA) is 12.0 Å². The third kappa shape index (κ3) is 1.35. The molecule has 0 aromatic heterocycles. The van der Waals surface area contributed by atoms with Crippen LogP contribution in [0.1, 0.15) is 0 Å². The number of nitrogens with one attached hydrogen (secondary N) is 1. The highest BCUT2D eigenvalue weighted by molar-refractivity contribution is 9.11. The lowest BCUT2D eigenvalue weighted by atomic mass is 10.4. The van der Waals surface area contributed by atoms with Crippen LogP contribution < -0.4 is 5.32 Å². The molecule has 7 heavy (non-hydrogen) atoms. The molecular weight excluding hydrogens is 154 g/mol. The molecule has 38 valence electrons. The molecule has 0 atom stereocenters. The molecule has 1 nitrogen and oxygen atoms in total. The Balaban J connectivity index is 2.58. The minimum atomic E-state index is 0.953. The van der Waals surface area contributed by atoms with Crippen molar-refractivity contribution in [3.8, 4) is 0 Å². The Labute approximate surface area is 51.2 Å². The van der Waals surface area contributed by atoms with E-state index >= 15 is 0 Å². The molecule has 0 amide bonds. The standard InChI is InChI=1S/C5H6BrN/c6-5-2-1-3-7-4-5/h1-2,4,7H,3H2. The predicted molar refractivity (Wildman–Crippen MR) is 34.2 cm³/mol. The van der Waals surface area contributed by atoms with E-state index in [1.807, 2.05) is 12.3 Å². The molecule has 0 saturated heterocycles. The summed E-state index contributed by atoms with van der Waals surface area (Å²) in [6.07, 6.45) is 6.01. The zero-order valence-corrected chi connectivity index (χ0v) is 5.40. The van der Waals surface area contributed by atoms with Gasteiger partial charge in [0.2, 0.25) is 0 Å². The predicted octanol–water partition coefficient (Wildman–Crippen LogP) is 1.38. The zero-order valence-electron chi connectivity index (χ0n) is 3.82. The molecule has 0 fully saturated rings. The molecular formula is C5H6BrN. The first-order valence-electron chi connectivity index (χ1n) is 2.15. The van der Waals surface area contributed by atoms with E-state index in [0.29, 0.717) is 0 Å². The van der Waals surface area contributed by atoms with Gasteiger partial charge < -0.3 is 5.32 Å². The fraction of sp³-hybridized carbons (Fsp3) is 0.200. The second-order valence-electron chi connectivity index (χ2n) is 1.34. The van der Waals surface area contributed by atoms with E-state index in [-0.39, 0.29) is 0 Å². The monoisotopic (exact) mass is 159 g/mol. The van der Waals surface area contributed by atoms with Crippen molar-refractivity contribution in [2.45, 2.75) is 0 Å². The fourth-order valence-electron chi connectivity index (χ4n) is 0.444. The van der Waals surface area contributed by atoms with Gasteiger partial charge in [0.1, 0.15) is 0 Å². The van der Waals surface area contributed by atoms with Crippen molar-refractivity contribution in [1.29, 1.82) is 0 Å². The van der Waals surface area contributed by atoms with Gasteiger partial charge in [-0.15, -0.1) is 0 Å². The Hall–Kier alpha value is -0.240. The van der Waals surface area contributed by atoms with Gasteiger partial charge in [0.05, 0.1) is 0 Å². The van der Waals surface area contributed by atoms with E-state index in [0.717, 1.165) is 11.0 Å². The largest absolute Gasteiger partial charge is 0.387 e. The van der Waals surface area contributed by atoms with Crippen LogP contribution in [0.25, 0.3) is 0 Å². The van der Waals surface area contributed by atoms with Gasteiger partial charge in [-0.1, -0.05) is 6.08 Å². The summed E-state index contributed by atoms with van der Waals surface area (Å²) in [6, 6.07) is 0. The second kappa shape index (κ2) is 2.17. The maximum Gasteiger partial charge on any atom is 0.0329 e. The summed E-state index contributed by atoms with van der Waals surface area (Å²) in [7, 11) is 0. The summed E-state index contributed by atoms with van der Waals surface area (Å²) >= 11 is 3.30. The molecule has 1 N–H and O–H groups in total. The van der Waals surface area contributed by atoms with Crippen molar-refractivity contribution >= 4 is 15.9 Å². The van der Waals surface area contributed by atoms with Crippen LogP contribution in [-0.4, -0.2) is 6.54 Å². The van der Waals surface area contributed by atoms with Crippen LogP contribution in [0.3, 0.4) is 0 Å². The molecule has 0 aliphatic carbocycles. The lowest BCUT2D eigenvalue weighted by Crippen LogP contribution is -2.06. The number of hydrogen-bond donors (Lipinski definition) is 1. The fourth-order valence-corrected chi connectivity index (χ4v) is 0.793. The highest BCUT2D eigenvalue weighted by Gasteiger charge is 1.86. The Kier molecular flexibility index (Phi) is 1.52. The molecule has 0 saturated carbocycles. The molecule has 2 heteroatoms. The molecule has 0 bridgehead atoms. The second-order valence-corrected chi connectivity index (χ2v) is 2.26. The highest BCUT2D eigenvalue weighted by Crippen LogP contribution is 2.06. The molecule has 1 aliphatic rings. The van der Waals surface area contributed by atoms with Gasteiger partial charge in [0.25, 0.3) is 0 Å². The molecule has 1 heterocycles. The van der Waals surface area contributed by atoms with Crippen LogP contribution >= 0.6 is 15.9 Å². The number of dihydropyridines is 1. The quantitative estimate of drug-likeness (QED) is 0.564. The summed E-state index contributed by atoms with van der Waals surface area (Å²) in [6.45, 7) is 0.953. The van der Waals surface area contributed by atoms with Gasteiger partial charge in [-0.25, -0.2) is 0 Å². The lowest BCUT2D eigenvalue weighted by molar-refractivity contribution is 0.970. The maximum atomic E-state index is 3.30. The van der Waals surface area contributed by atoms with Crippen LogP contribution in [-0.2, 0) is 0 Å². The van der Waals surface area contributed by atoms with E-state index in [1.54, 1.807) is 0 Å². The SMILES string of the molecule is BrC1=CNCC=C1. The molecule has 0 aromatic rings. The van der Waals surface area contributed by atoms with E-state index in [9.17, 15) is 0 Å². The third-order valence-electron chi connectivity index (χ3n) is 0.753. The molecule has 1 aliphatic heterocycles. The summed E-state index contributed by atoms with van der Waals surface area (Å²) in [5.41, 5.74) is 0. The van der Waals surface area contributed by atoms with Crippen molar-refractivity contribution < 1.29 is 0 Å². The summed E-state index contributed by atoms with van der Waals surface area (Å²) in [4.78, 5) is 0. The number of hydrogen-bond acceptors (Lipinski definition) is 1. The molecule has 0 spiro atoms. The van der Waals surface area contributed by atoms with E-state index in [1.165, 1.54) is 0 Å². The number of rotatable bonds is 0. The molecule has 0 aromatic carbocycles. The third-order valence-corrected chi connectivity index (χ3v) is 1.25. The molecule has 0 radical (unpaired) electrons. The smallest absolute Gasteiger partial charge is 0.0329 e. The minimum Gasteiger partial charge on any atom is -0.387 e. The van der Waals surface area contributed by atoms with Crippen molar-refractivity contribution in [2.75, 3.05) is 6.54 Å². The van der Waals surface area contributed by atoms with Crippen molar-refractivity contribution in [3.05, 3.63) is 22.8 Å². The summed E-state index contributed by atoms with van der Waals surface area (Å²) in [5.74, 6) is 0. The van der Waals surface area contributed by atoms with Crippen molar-refractivity contribution in [1.82, 2.24) is 5.32 Å². The van der Waals surface area contributed by atoms with Gasteiger partial charge in [0, 0.05) is 17.2 Å². The van der Waals surface area contributed by atoms with Gasteiger partial charge in [-0.2, -0.15) is 0 Å². The average Bonchev–Trinajstić information content (AvgIpc) is 1.69. The average molecular weight is 160 g/mol. The first-order valence-corrected chi connectivity index (χ1v) is 2.94. The van der Waals surface area contributed by atoms with E-state index < -0.39 is 0 Å². The Morgan fingerprint density at radius 3 is 2.86 bits per heavy atom. The van der Waals surface area contributed by atoms with Gasteiger partial charge in [-0.05, 0) is 22.0 Å². The Bertz CT molecular complexity index is 115. The zero-order chi connectivity index (χ0) is 5.11. The Morgan fingerprint density at radius 2 is 2.57 bits per heavy atom. The number of halogens is 1. The van der Waals surface area contributed by atoms with Crippen LogP contribution in [0.4, 0.5) is 0 Å². The lowest BCUT2D eigenvalue weighted by Gasteiger charge is -1.99. The number of allylic oxidation sites excluding steroid dienone is 2. The first-order chi connectivity index (χ1) is 3.39. The highest BCUT2D eigenvalue weighted by atomic mass is 79.9. The van der Waals surface area contributed by atoms with Gasteiger partial charge >= 0.3 is 0 Å². The van der Waals surface area contributed by atoms with E-state index in [4.69, 9.17) is 0 Å².